The van der Waals surface area contributed by atoms with E-state index in [0.29, 0.717) is 27.8 Å². The highest BCUT2D eigenvalue weighted by atomic mass is 35.5. The molecule has 0 aliphatic carbocycles. The molecule has 0 saturated heterocycles. The van der Waals surface area contributed by atoms with Crippen molar-refractivity contribution in [2.24, 2.45) is 0 Å². The Bertz CT molecular complexity index is 1700. The van der Waals surface area contributed by atoms with Crippen LogP contribution in [0.25, 0.3) is 22.2 Å². The molecule has 0 amide bonds. The number of hydrogen-bond donors (Lipinski definition) is 3. The number of H-pyrrole nitrogens is 1. The molecule has 0 unspecified atom stereocenters. The molecule has 0 radical (unpaired) electrons. The third-order valence-electron chi connectivity index (χ3n) is 4.89. The summed E-state index contributed by atoms with van der Waals surface area (Å²) in [4.78, 5) is 20.5. The molecular formula is C22H18ClFN4O5S2. The maximum Gasteiger partial charge on any atom is 0.229 e. The summed E-state index contributed by atoms with van der Waals surface area (Å²) in [6.45, 7) is 0. The lowest BCUT2D eigenvalue weighted by molar-refractivity contribution is 0.103. The van der Waals surface area contributed by atoms with Crippen LogP contribution < -0.4 is 9.44 Å². The van der Waals surface area contributed by atoms with Gasteiger partial charge in [0.05, 0.1) is 28.8 Å². The van der Waals surface area contributed by atoms with Gasteiger partial charge in [0.2, 0.25) is 20.0 Å². The SMILES string of the molecule is CS(=O)(=O)Nc1cccc(-c2cnc3[nH]cc(C(=O)c4c(Cl)ccc(NS(C)(=O)=O)c4F)c3c2)c1. The molecule has 35 heavy (non-hydrogen) atoms. The number of sulfonamides is 2. The largest absolute Gasteiger partial charge is 0.345 e. The second kappa shape index (κ2) is 8.95. The van der Waals surface area contributed by atoms with Gasteiger partial charge in [0.1, 0.15) is 5.65 Å². The summed E-state index contributed by atoms with van der Waals surface area (Å²) in [7, 11) is -7.28. The van der Waals surface area contributed by atoms with E-state index in [9.17, 15) is 21.6 Å². The van der Waals surface area contributed by atoms with Gasteiger partial charge >= 0.3 is 0 Å². The van der Waals surface area contributed by atoms with E-state index in [4.69, 9.17) is 11.6 Å². The number of nitrogens with zero attached hydrogens (tertiary/aromatic N) is 1. The predicted molar refractivity (Wildman–Crippen MR) is 133 cm³/mol. The van der Waals surface area contributed by atoms with Crippen molar-refractivity contribution in [3.05, 3.63) is 76.8 Å². The van der Waals surface area contributed by atoms with Crippen molar-refractivity contribution in [1.29, 1.82) is 0 Å². The van der Waals surface area contributed by atoms with Gasteiger partial charge in [0.25, 0.3) is 0 Å². The molecule has 0 bridgehead atoms. The minimum Gasteiger partial charge on any atom is -0.345 e. The van der Waals surface area contributed by atoms with Gasteiger partial charge in [-0.05, 0) is 35.9 Å². The maximum absolute atomic E-state index is 15.1. The lowest BCUT2D eigenvalue weighted by atomic mass is 10.00. The zero-order chi connectivity index (χ0) is 25.5. The van der Waals surface area contributed by atoms with Crippen molar-refractivity contribution in [3.8, 4) is 11.1 Å². The lowest BCUT2D eigenvalue weighted by Gasteiger charge is -2.11. The average Bonchev–Trinajstić information content (AvgIpc) is 3.17. The Hall–Kier alpha value is -3.48. The Morgan fingerprint density at radius 2 is 1.71 bits per heavy atom. The average molecular weight is 537 g/mol. The van der Waals surface area contributed by atoms with E-state index < -0.39 is 42.9 Å². The number of ketones is 1. The molecule has 2 aromatic carbocycles. The number of halogens is 2. The van der Waals surface area contributed by atoms with Gasteiger partial charge in [-0.1, -0.05) is 23.7 Å². The molecule has 0 aliphatic rings. The van der Waals surface area contributed by atoms with Gasteiger partial charge in [0.15, 0.2) is 11.6 Å². The molecule has 182 valence electrons. The zero-order valence-electron chi connectivity index (χ0n) is 18.3. The number of hydrogen-bond acceptors (Lipinski definition) is 6. The first-order chi connectivity index (χ1) is 16.3. The highest BCUT2D eigenvalue weighted by Gasteiger charge is 2.24. The minimum absolute atomic E-state index is 0.0667. The summed E-state index contributed by atoms with van der Waals surface area (Å²) in [5.41, 5.74) is 1.06. The standard InChI is InChI=1S/C22H18ClFN4O5S2/c1-34(30,31)27-14-5-3-4-12(8-14)13-9-15-16(11-26-22(15)25-10-13)21(29)19-17(23)6-7-18(20(19)24)28-35(2,32)33/h3-11,27-28H,1-2H3,(H,25,26). The van der Waals surface area contributed by atoms with Gasteiger partial charge in [0, 0.05) is 34.6 Å². The summed E-state index contributed by atoms with van der Waals surface area (Å²) < 4.78 is 65.7. The molecule has 4 rings (SSSR count). The molecule has 2 aromatic heterocycles. The van der Waals surface area contributed by atoms with E-state index in [1.54, 1.807) is 30.3 Å². The predicted octanol–water partition coefficient (Wildman–Crippen LogP) is 4.00. The van der Waals surface area contributed by atoms with Gasteiger partial charge in [-0.15, -0.1) is 0 Å². The first kappa shape index (κ1) is 24.6. The van der Waals surface area contributed by atoms with Crippen molar-refractivity contribution < 1.29 is 26.0 Å². The molecule has 0 saturated carbocycles. The maximum atomic E-state index is 15.1. The molecule has 0 aliphatic heterocycles. The third kappa shape index (κ3) is 5.45. The lowest BCUT2D eigenvalue weighted by Crippen LogP contribution is -2.13. The van der Waals surface area contributed by atoms with Crippen LogP contribution in [0.15, 0.2) is 54.9 Å². The fourth-order valence-electron chi connectivity index (χ4n) is 3.50. The molecule has 3 N–H and O–H groups in total. The molecule has 0 spiro atoms. The van der Waals surface area contributed by atoms with E-state index in [-0.39, 0.29) is 10.6 Å². The van der Waals surface area contributed by atoms with E-state index in [2.05, 4.69) is 14.7 Å². The fourth-order valence-corrected chi connectivity index (χ4v) is 4.84. The van der Waals surface area contributed by atoms with Crippen LogP contribution in [-0.4, -0.2) is 45.1 Å². The molecule has 13 heteroatoms. The molecule has 9 nitrogen and oxygen atoms in total. The van der Waals surface area contributed by atoms with Crippen LogP contribution >= 0.6 is 11.6 Å². The highest BCUT2D eigenvalue weighted by Crippen LogP contribution is 2.32. The number of fused-ring (bicyclic) bond motifs is 1. The van der Waals surface area contributed by atoms with Crippen molar-refractivity contribution in [2.45, 2.75) is 0 Å². The van der Waals surface area contributed by atoms with Crippen LogP contribution in [-0.2, 0) is 20.0 Å². The topological polar surface area (TPSA) is 138 Å². The summed E-state index contributed by atoms with van der Waals surface area (Å²) in [6.07, 6.45) is 4.79. The van der Waals surface area contributed by atoms with Crippen LogP contribution in [0.2, 0.25) is 5.02 Å². The molecule has 0 atom stereocenters. The summed E-state index contributed by atoms with van der Waals surface area (Å²) in [5, 5.41) is 0.176. The molecule has 2 heterocycles. The van der Waals surface area contributed by atoms with Crippen molar-refractivity contribution >= 4 is 59.8 Å². The summed E-state index contributed by atoms with van der Waals surface area (Å²) >= 11 is 6.11. The number of benzene rings is 2. The first-order valence-corrected chi connectivity index (χ1v) is 14.0. The number of nitrogens with one attached hydrogen (secondary N) is 3. The van der Waals surface area contributed by atoms with Crippen LogP contribution in [0.5, 0.6) is 0 Å². The number of aromatic amines is 1. The van der Waals surface area contributed by atoms with Crippen molar-refractivity contribution in [3.63, 3.8) is 0 Å². The van der Waals surface area contributed by atoms with Gasteiger partial charge in [-0.3, -0.25) is 14.2 Å². The Morgan fingerprint density at radius 1 is 1.00 bits per heavy atom. The number of anilines is 2. The fraction of sp³-hybridized carbons (Fsp3) is 0.0909. The Labute approximate surface area is 205 Å². The smallest absolute Gasteiger partial charge is 0.229 e. The number of aromatic nitrogens is 2. The van der Waals surface area contributed by atoms with Crippen LogP contribution in [0.1, 0.15) is 15.9 Å². The number of pyridine rings is 1. The zero-order valence-corrected chi connectivity index (χ0v) is 20.6. The summed E-state index contributed by atoms with van der Waals surface area (Å²) in [5.74, 6) is -1.88. The number of carbonyl (C=O) groups excluding carboxylic acids is 1. The van der Waals surface area contributed by atoms with E-state index >= 15 is 4.39 Å². The number of rotatable bonds is 7. The quantitative estimate of drug-likeness (QED) is 0.305. The van der Waals surface area contributed by atoms with E-state index in [0.717, 1.165) is 18.6 Å². The van der Waals surface area contributed by atoms with Crippen LogP contribution in [0.4, 0.5) is 15.8 Å². The second-order valence-electron chi connectivity index (χ2n) is 7.76. The number of carbonyl (C=O) groups is 1. The van der Waals surface area contributed by atoms with Gasteiger partial charge < -0.3 is 4.98 Å². The minimum atomic E-state index is -3.80. The highest BCUT2D eigenvalue weighted by molar-refractivity contribution is 7.92. The first-order valence-electron chi connectivity index (χ1n) is 9.88. The third-order valence-corrected chi connectivity index (χ3v) is 6.40. The Balaban J connectivity index is 1.79. The normalized spacial score (nSPS) is 12.0. The Morgan fingerprint density at radius 3 is 2.40 bits per heavy atom. The van der Waals surface area contributed by atoms with Crippen LogP contribution in [0.3, 0.4) is 0 Å². The van der Waals surface area contributed by atoms with Crippen LogP contribution in [0, 0.1) is 5.82 Å². The van der Waals surface area contributed by atoms with Crippen molar-refractivity contribution in [1.82, 2.24) is 9.97 Å². The summed E-state index contributed by atoms with van der Waals surface area (Å²) in [6, 6.07) is 10.6. The molecule has 0 fully saturated rings. The Kier molecular flexibility index (Phi) is 6.30. The van der Waals surface area contributed by atoms with Gasteiger partial charge in [-0.2, -0.15) is 0 Å². The van der Waals surface area contributed by atoms with E-state index in [1.807, 2.05) is 4.72 Å². The molecular weight excluding hydrogens is 519 g/mol. The van der Waals surface area contributed by atoms with Gasteiger partial charge in [-0.25, -0.2) is 26.2 Å². The monoisotopic (exact) mass is 536 g/mol. The second-order valence-corrected chi connectivity index (χ2v) is 11.7. The van der Waals surface area contributed by atoms with E-state index in [1.165, 1.54) is 18.5 Å². The van der Waals surface area contributed by atoms with Crippen molar-refractivity contribution in [2.75, 3.05) is 22.0 Å². The molecule has 4 aromatic rings.